The first-order valence-electron chi connectivity index (χ1n) is 6.20. The van der Waals surface area contributed by atoms with Crippen molar-refractivity contribution in [2.45, 2.75) is 12.5 Å². The molecule has 0 spiro atoms. The summed E-state index contributed by atoms with van der Waals surface area (Å²) in [7, 11) is 0. The van der Waals surface area contributed by atoms with Gasteiger partial charge < -0.3 is 10.6 Å². The van der Waals surface area contributed by atoms with Gasteiger partial charge in [-0.15, -0.1) is 0 Å². The Morgan fingerprint density at radius 3 is 3.00 bits per heavy atom. The van der Waals surface area contributed by atoms with Crippen molar-refractivity contribution in [2.24, 2.45) is 0 Å². The minimum atomic E-state index is -0.0885. The van der Waals surface area contributed by atoms with Gasteiger partial charge in [0.1, 0.15) is 5.69 Å². The second-order valence-electron chi connectivity index (χ2n) is 4.55. The van der Waals surface area contributed by atoms with E-state index >= 15 is 0 Å². The SMILES string of the molecule is O=C(N[C@H]1CCNC1)c1ccc2ccccc2n1. The van der Waals surface area contributed by atoms with Gasteiger partial charge in [-0.2, -0.15) is 0 Å². The Hall–Kier alpha value is -1.94. The summed E-state index contributed by atoms with van der Waals surface area (Å²) in [5, 5.41) is 7.27. The van der Waals surface area contributed by atoms with Crippen molar-refractivity contribution < 1.29 is 4.79 Å². The van der Waals surface area contributed by atoms with Gasteiger partial charge in [0.2, 0.25) is 0 Å². The zero-order chi connectivity index (χ0) is 12.4. The van der Waals surface area contributed by atoms with Crippen LogP contribution in [0.3, 0.4) is 0 Å². The van der Waals surface area contributed by atoms with Crippen molar-refractivity contribution in [2.75, 3.05) is 13.1 Å². The van der Waals surface area contributed by atoms with Gasteiger partial charge in [0.15, 0.2) is 0 Å². The number of fused-ring (bicyclic) bond motifs is 1. The summed E-state index contributed by atoms with van der Waals surface area (Å²) in [6.07, 6.45) is 0.985. The molecule has 1 saturated heterocycles. The number of carbonyl (C=O) groups is 1. The Morgan fingerprint density at radius 1 is 1.28 bits per heavy atom. The van der Waals surface area contributed by atoms with E-state index in [1.807, 2.05) is 30.3 Å². The summed E-state index contributed by atoms with van der Waals surface area (Å²) in [6.45, 7) is 1.81. The molecule has 3 rings (SSSR count). The molecular formula is C14H15N3O. The quantitative estimate of drug-likeness (QED) is 0.834. The molecule has 18 heavy (non-hydrogen) atoms. The predicted octanol–water partition coefficient (Wildman–Crippen LogP) is 1.33. The first kappa shape index (κ1) is 11.2. The fraction of sp³-hybridized carbons (Fsp3) is 0.286. The minimum absolute atomic E-state index is 0.0885. The Balaban J connectivity index is 1.82. The van der Waals surface area contributed by atoms with Crippen LogP contribution in [0.25, 0.3) is 10.9 Å². The Bertz CT molecular complexity index is 576. The van der Waals surface area contributed by atoms with Crippen LogP contribution >= 0.6 is 0 Å². The zero-order valence-electron chi connectivity index (χ0n) is 10.0. The average molecular weight is 241 g/mol. The molecule has 2 N–H and O–H groups in total. The van der Waals surface area contributed by atoms with E-state index in [4.69, 9.17) is 0 Å². The van der Waals surface area contributed by atoms with E-state index < -0.39 is 0 Å². The molecule has 1 aliphatic heterocycles. The number of benzene rings is 1. The van der Waals surface area contributed by atoms with Crippen LogP contribution in [0.4, 0.5) is 0 Å². The van der Waals surface area contributed by atoms with Gasteiger partial charge in [-0.3, -0.25) is 4.79 Å². The summed E-state index contributed by atoms with van der Waals surface area (Å²) in [5.74, 6) is -0.0885. The highest BCUT2D eigenvalue weighted by atomic mass is 16.1. The van der Waals surface area contributed by atoms with Gasteiger partial charge in [0.05, 0.1) is 5.52 Å². The highest BCUT2D eigenvalue weighted by Gasteiger charge is 2.18. The van der Waals surface area contributed by atoms with Crippen LogP contribution in [0.15, 0.2) is 36.4 Å². The molecule has 1 aromatic carbocycles. The Morgan fingerprint density at radius 2 is 2.17 bits per heavy atom. The third kappa shape index (κ3) is 2.19. The number of hydrogen-bond acceptors (Lipinski definition) is 3. The van der Waals surface area contributed by atoms with Gasteiger partial charge in [0, 0.05) is 18.0 Å². The highest BCUT2D eigenvalue weighted by Crippen LogP contribution is 2.12. The maximum absolute atomic E-state index is 12.0. The molecule has 1 fully saturated rings. The first-order valence-corrected chi connectivity index (χ1v) is 6.20. The molecular weight excluding hydrogens is 226 g/mol. The van der Waals surface area contributed by atoms with Gasteiger partial charge in [-0.25, -0.2) is 4.98 Å². The van der Waals surface area contributed by atoms with Gasteiger partial charge >= 0.3 is 0 Å². The molecule has 1 aromatic heterocycles. The van der Waals surface area contributed by atoms with Crippen LogP contribution in [-0.4, -0.2) is 30.0 Å². The zero-order valence-corrected chi connectivity index (χ0v) is 10.0. The third-order valence-electron chi connectivity index (χ3n) is 3.23. The first-order chi connectivity index (χ1) is 8.83. The summed E-state index contributed by atoms with van der Waals surface area (Å²) >= 11 is 0. The molecule has 0 saturated carbocycles. The summed E-state index contributed by atoms with van der Waals surface area (Å²) < 4.78 is 0. The molecule has 1 amide bonds. The number of pyridine rings is 1. The second kappa shape index (κ2) is 4.74. The van der Waals surface area contributed by atoms with Crippen LogP contribution in [-0.2, 0) is 0 Å². The molecule has 0 bridgehead atoms. The lowest BCUT2D eigenvalue weighted by molar-refractivity contribution is 0.0935. The molecule has 1 atom stereocenters. The maximum Gasteiger partial charge on any atom is 0.270 e. The van der Waals surface area contributed by atoms with Crippen LogP contribution < -0.4 is 10.6 Å². The molecule has 4 heteroatoms. The van der Waals surface area contributed by atoms with Crippen molar-refractivity contribution in [3.63, 3.8) is 0 Å². The van der Waals surface area contributed by atoms with Crippen molar-refractivity contribution in [3.8, 4) is 0 Å². The maximum atomic E-state index is 12.0. The van der Waals surface area contributed by atoms with E-state index in [9.17, 15) is 4.79 Å². The average Bonchev–Trinajstić information content (AvgIpc) is 2.91. The van der Waals surface area contributed by atoms with E-state index in [1.165, 1.54) is 0 Å². The number of amides is 1. The smallest absolute Gasteiger partial charge is 0.270 e. The molecule has 0 unspecified atom stereocenters. The summed E-state index contributed by atoms with van der Waals surface area (Å²) in [5.41, 5.74) is 1.34. The summed E-state index contributed by atoms with van der Waals surface area (Å²) in [6, 6.07) is 11.7. The van der Waals surface area contributed by atoms with E-state index in [1.54, 1.807) is 6.07 Å². The number of carbonyl (C=O) groups excluding carboxylic acids is 1. The van der Waals surface area contributed by atoms with Gasteiger partial charge in [-0.05, 0) is 25.1 Å². The van der Waals surface area contributed by atoms with Crippen LogP contribution in [0.1, 0.15) is 16.9 Å². The Labute approximate surface area is 105 Å². The lowest BCUT2D eigenvalue weighted by Crippen LogP contribution is -2.36. The number of para-hydroxylation sites is 1. The molecule has 0 radical (unpaired) electrons. The van der Waals surface area contributed by atoms with Crippen molar-refractivity contribution in [1.82, 2.24) is 15.6 Å². The largest absolute Gasteiger partial charge is 0.347 e. The third-order valence-corrected chi connectivity index (χ3v) is 3.23. The normalized spacial score (nSPS) is 19.0. The number of aromatic nitrogens is 1. The molecule has 1 aliphatic rings. The van der Waals surface area contributed by atoms with Crippen molar-refractivity contribution >= 4 is 16.8 Å². The number of nitrogens with zero attached hydrogens (tertiary/aromatic N) is 1. The molecule has 2 heterocycles. The van der Waals surface area contributed by atoms with Crippen LogP contribution in [0, 0.1) is 0 Å². The number of nitrogens with one attached hydrogen (secondary N) is 2. The fourth-order valence-corrected chi connectivity index (χ4v) is 2.23. The fourth-order valence-electron chi connectivity index (χ4n) is 2.23. The lowest BCUT2D eigenvalue weighted by Gasteiger charge is -2.10. The van der Waals surface area contributed by atoms with Crippen molar-refractivity contribution in [1.29, 1.82) is 0 Å². The van der Waals surface area contributed by atoms with Gasteiger partial charge in [0.25, 0.3) is 5.91 Å². The van der Waals surface area contributed by atoms with E-state index in [0.29, 0.717) is 5.69 Å². The second-order valence-corrected chi connectivity index (χ2v) is 4.55. The topological polar surface area (TPSA) is 54.0 Å². The molecule has 2 aromatic rings. The standard InChI is InChI=1S/C14H15N3O/c18-14(16-11-7-8-15-9-11)13-6-5-10-3-1-2-4-12(10)17-13/h1-6,11,15H,7-9H2,(H,16,18)/t11-/m0/s1. The summed E-state index contributed by atoms with van der Waals surface area (Å²) in [4.78, 5) is 16.4. The highest BCUT2D eigenvalue weighted by molar-refractivity contribution is 5.95. The molecule has 4 nitrogen and oxygen atoms in total. The number of hydrogen-bond donors (Lipinski definition) is 2. The van der Waals surface area contributed by atoms with Gasteiger partial charge in [-0.1, -0.05) is 24.3 Å². The van der Waals surface area contributed by atoms with Crippen molar-refractivity contribution in [3.05, 3.63) is 42.1 Å². The van der Waals surface area contributed by atoms with E-state index in [0.717, 1.165) is 30.4 Å². The monoisotopic (exact) mass is 241 g/mol. The molecule has 0 aliphatic carbocycles. The van der Waals surface area contributed by atoms with E-state index in [2.05, 4.69) is 15.6 Å². The minimum Gasteiger partial charge on any atom is -0.347 e. The predicted molar refractivity (Wildman–Crippen MR) is 70.5 cm³/mol. The lowest BCUT2D eigenvalue weighted by atomic mass is 10.2. The van der Waals surface area contributed by atoms with E-state index in [-0.39, 0.29) is 11.9 Å². The van der Waals surface area contributed by atoms with Crippen LogP contribution in [0.5, 0.6) is 0 Å². The Kier molecular flexibility index (Phi) is 2.94. The molecule has 92 valence electrons. The number of rotatable bonds is 2. The van der Waals surface area contributed by atoms with Crippen LogP contribution in [0.2, 0.25) is 0 Å².